The highest BCUT2D eigenvalue weighted by Gasteiger charge is 2.21. The minimum atomic E-state index is 0.549. The number of benzene rings is 1. The van der Waals surface area contributed by atoms with Crippen molar-refractivity contribution in [2.24, 2.45) is 0 Å². The number of pyridine rings is 1. The Hall–Kier alpha value is -3.12. The minimum absolute atomic E-state index is 0.549. The van der Waals surface area contributed by atoms with Crippen molar-refractivity contribution in [1.29, 1.82) is 0 Å². The van der Waals surface area contributed by atoms with E-state index in [1.54, 1.807) is 27.5 Å². The summed E-state index contributed by atoms with van der Waals surface area (Å²) in [5, 5.41) is 1.67. The van der Waals surface area contributed by atoms with Crippen molar-refractivity contribution >= 4 is 33.9 Å². The van der Waals surface area contributed by atoms with Gasteiger partial charge < -0.3 is 24.1 Å². The fourth-order valence-corrected chi connectivity index (χ4v) is 3.66. The van der Waals surface area contributed by atoms with Crippen LogP contribution in [-0.2, 0) is 0 Å². The molecule has 1 aliphatic rings. The monoisotopic (exact) mass is 397 g/mol. The summed E-state index contributed by atoms with van der Waals surface area (Å²) in [6, 6.07) is 7.73. The van der Waals surface area contributed by atoms with E-state index in [1.807, 2.05) is 41.4 Å². The van der Waals surface area contributed by atoms with Gasteiger partial charge in [0.15, 0.2) is 11.5 Å². The Morgan fingerprint density at radius 2 is 1.86 bits per heavy atom. The molecule has 0 bridgehead atoms. The van der Waals surface area contributed by atoms with Crippen molar-refractivity contribution < 1.29 is 14.2 Å². The summed E-state index contributed by atoms with van der Waals surface area (Å²) in [6.45, 7) is 0.607. The molecule has 0 saturated heterocycles. The van der Waals surface area contributed by atoms with Crippen LogP contribution in [0.25, 0.3) is 16.6 Å². The van der Waals surface area contributed by atoms with Crippen LogP contribution in [0, 0.1) is 0 Å². The van der Waals surface area contributed by atoms with Crippen molar-refractivity contribution in [3.8, 4) is 17.2 Å². The van der Waals surface area contributed by atoms with Gasteiger partial charge in [0.2, 0.25) is 5.75 Å². The van der Waals surface area contributed by atoms with Crippen LogP contribution in [-0.4, -0.2) is 37.8 Å². The molecule has 3 heterocycles. The fraction of sp³-hybridized carbons (Fsp3) is 0.190. The van der Waals surface area contributed by atoms with Crippen LogP contribution >= 0.6 is 11.6 Å². The first-order valence-corrected chi connectivity index (χ1v) is 9.11. The highest BCUT2D eigenvalue weighted by molar-refractivity contribution is 6.32. The van der Waals surface area contributed by atoms with Gasteiger partial charge in [-0.2, -0.15) is 0 Å². The van der Waals surface area contributed by atoms with Crippen molar-refractivity contribution in [3.05, 3.63) is 59.5 Å². The van der Waals surface area contributed by atoms with E-state index in [1.165, 1.54) is 0 Å². The quantitative estimate of drug-likeness (QED) is 0.639. The number of nitrogens with zero attached hydrogens (tertiary/aromatic N) is 2. The van der Waals surface area contributed by atoms with Gasteiger partial charge in [-0.1, -0.05) is 17.7 Å². The van der Waals surface area contributed by atoms with Gasteiger partial charge in [0, 0.05) is 47.7 Å². The summed E-state index contributed by atoms with van der Waals surface area (Å²) in [5.41, 5.74) is 3.83. The smallest absolute Gasteiger partial charge is 0.203 e. The number of methoxy groups -OCH3 is 3. The molecule has 4 rings (SSSR count). The van der Waals surface area contributed by atoms with Gasteiger partial charge in [0.05, 0.1) is 21.3 Å². The average molecular weight is 398 g/mol. The van der Waals surface area contributed by atoms with Gasteiger partial charge >= 0.3 is 0 Å². The lowest BCUT2D eigenvalue weighted by Crippen LogP contribution is -2.22. The summed E-state index contributed by atoms with van der Waals surface area (Å²) >= 11 is 6.65. The molecule has 0 aliphatic carbocycles. The summed E-state index contributed by atoms with van der Waals surface area (Å²) < 4.78 is 16.3. The van der Waals surface area contributed by atoms with Gasteiger partial charge in [-0.15, -0.1) is 0 Å². The summed E-state index contributed by atoms with van der Waals surface area (Å²) in [7, 11) is 4.77. The second-order valence-electron chi connectivity index (χ2n) is 6.22. The van der Waals surface area contributed by atoms with E-state index in [0.29, 0.717) is 28.9 Å². The van der Waals surface area contributed by atoms with Crippen LogP contribution in [0.1, 0.15) is 5.56 Å². The fourth-order valence-electron chi connectivity index (χ4n) is 3.38. The predicted octanol–water partition coefficient (Wildman–Crippen LogP) is 4.57. The van der Waals surface area contributed by atoms with Crippen LogP contribution in [0.5, 0.6) is 17.2 Å². The Morgan fingerprint density at radius 1 is 1.11 bits per heavy atom. The molecular weight excluding hydrogens is 378 g/mol. The van der Waals surface area contributed by atoms with Crippen LogP contribution in [0.3, 0.4) is 0 Å². The number of anilines is 1. The van der Waals surface area contributed by atoms with E-state index in [0.717, 1.165) is 27.9 Å². The minimum Gasteiger partial charge on any atom is -0.493 e. The van der Waals surface area contributed by atoms with Gasteiger partial charge in [-0.25, -0.2) is 4.98 Å². The highest BCUT2D eigenvalue weighted by atomic mass is 35.5. The van der Waals surface area contributed by atoms with E-state index < -0.39 is 0 Å². The third-order valence-corrected chi connectivity index (χ3v) is 5.06. The Bertz CT molecular complexity index is 1060. The molecular formula is C21H20ClN3O3. The van der Waals surface area contributed by atoms with E-state index in [9.17, 15) is 0 Å². The number of fused-ring (bicyclic) bond motifs is 1. The van der Waals surface area contributed by atoms with Crippen molar-refractivity contribution in [2.45, 2.75) is 0 Å². The zero-order chi connectivity index (χ0) is 19.7. The van der Waals surface area contributed by atoms with E-state index in [2.05, 4.69) is 16.0 Å². The molecule has 1 aliphatic heterocycles. The highest BCUT2D eigenvalue weighted by Crippen LogP contribution is 2.43. The number of ether oxygens (including phenoxy) is 3. The standard InChI is InChI=1S/C21H20ClN3O3/c1-26-17-10-14(11-18(27-2)20(17)28-3)25-8-6-13(9-19(25)22)16-12-24-21-15(16)5-4-7-23-21/h4-7,9-12H,8H2,1-3H3,(H,23,24). The third-order valence-electron chi connectivity index (χ3n) is 4.75. The first kappa shape index (κ1) is 18.3. The van der Waals surface area contributed by atoms with Crippen LogP contribution in [0.2, 0.25) is 0 Å². The number of aromatic amines is 1. The normalized spacial score (nSPS) is 13.9. The van der Waals surface area contributed by atoms with E-state index in [-0.39, 0.29) is 0 Å². The van der Waals surface area contributed by atoms with Crippen molar-refractivity contribution in [1.82, 2.24) is 9.97 Å². The number of hydrogen-bond donors (Lipinski definition) is 1. The maximum Gasteiger partial charge on any atom is 0.203 e. The molecule has 0 fully saturated rings. The van der Waals surface area contributed by atoms with Gasteiger partial charge in [-0.3, -0.25) is 0 Å². The predicted molar refractivity (Wildman–Crippen MR) is 111 cm³/mol. The summed E-state index contributed by atoms with van der Waals surface area (Å²) in [4.78, 5) is 9.52. The van der Waals surface area contributed by atoms with E-state index >= 15 is 0 Å². The molecule has 0 saturated carbocycles. The third kappa shape index (κ3) is 3.05. The molecule has 3 aromatic rings. The molecule has 0 amide bonds. The Labute approximate surface area is 168 Å². The number of hydrogen-bond acceptors (Lipinski definition) is 5. The zero-order valence-electron chi connectivity index (χ0n) is 15.8. The van der Waals surface area contributed by atoms with E-state index in [4.69, 9.17) is 25.8 Å². The van der Waals surface area contributed by atoms with Crippen molar-refractivity contribution in [2.75, 3.05) is 32.8 Å². The Kier molecular flexibility index (Phi) is 4.88. The van der Waals surface area contributed by atoms with Gasteiger partial charge in [0.25, 0.3) is 0 Å². The zero-order valence-corrected chi connectivity index (χ0v) is 16.6. The molecule has 0 unspecified atom stereocenters. The number of rotatable bonds is 5. The first-order valence-electron chi connectivity index (χ1n) is 8.73. The number of nitrogens with one attached hydrogen (secondary N) is 1. The molecule has 0 spiro atoms. The largest absolute Gasteiger partial charge is 0.493 e. The van der Waals surface area contributed by atoms with Crippen LogP contribution in [0.4, 0.5) is 5.69 Å². The SMILES string of the molecule is COc1cc(N2CC=C(c3c[nH]c4ncccc34)C=C2Cl)cc(OC)c1OC. The molecule has 28 heavy (non-hydrogen) atoms. The molecule has 144 valence electrons. The maximum atomic E-state index is 6.65. The Balaban J connectivity index is 1.69. The number of allylic oxidation sites excluding steroid dienone is 2. The summed E-state index contributed by atoms with van der Waals surface area (Å²) in [5.74, 6) is 1.71. The lowest BCUT2D eigenvalue weighted by atomic mass is 10.0. The summed E-state index contributed by atoms with van der Waals surface area (Å²) in [6.07, 6.45) is 7.81. The number of aromatic nitrogens is 2. The van der Waals surface area contributed by atoms with Crippen molar-refractivity contribution in [3.63, 3.8) is 0 Å². The molecule has 6 nitrogen and oxygen atoms in total. The second kappa shape index (κ2) is 7.48. The lowest BCUT2D eigenvalue weighted by Gasteiger charge is -2.27. The van der Waals surface area contributed by atoms with Crippen LogP contribution in [0.15, 0.2) is 54.0 Å². The molecule has 0 radical (unpaired) electrons. The maximum absolute atomic E-state index is 6.65. The van der Waals surface area contributed by atoms with Crippen LogP contribution < -0.4 is 19.1 Å². The van der Waals surface area contributed by atoms with Gasteiger partial charge in [0.1, 0.15) is 10.8 Å². The second-order valence-corrected chi connectivity index (χ2v) is 6.61. The molecule has 0 atom stereocenters. The topological polar surface area (TPSA) is 59.6 Å². The molecule has 1 N–H and O–H groups in total. The Morgan fingerprint density at radius 3 is 2.50 bits per heavy atom. The molecule has 1 aromatic carbocycles. The lowest BCUT2D eigenvalue weighted by molar-refractivity contribution is 0.324. The first-order chi connectivity index (χ1) is 13.7. The number of halogens is 1. The number of H-pyrrole nitrogens is 1. The average Bonchev–Trinajstić information content (AvgIpc) is 3.16. The van der Waals surface area contributed by atoms with Gasteiger partial charge in [-0.05, 0) is 23.8 Å². The molecule has 7 heteroatoms. The molecule has 2 aromatic heterocycles.